The average molecular weight is 747 g/mol. The fraction of sp³-hybridized carbons (Fsp3) is 0.588. The van der Waals surface area contributed by atoms with Crippen LogP contribution in [0.1, 0.15) is 70.8 Å². The van der Waals surface area contributed by atoms with Gasteiger partial charge in [-0.05, 0) is 56.6 Å². The molecule has 0 aromatic heterocycles. The van der Waals surface area contributed by atoms with Crippen molar-refractivity contribution in [1.82, 2.24) is 26.6 Å². The zero-order valence-electron chi connectivity index (χ0n) is 30.6. The molecule has 0 fully saturated rings. The van der Waals surface area contributed by atoms with E-state index in [2.05, 4.69) is 31.6 Å². The zero-order chi connectivity index (χ0) is 39.9. The first-order valence-electron chi connectivity index (χ1n) is 17.6. The maximum Gasteiger partial charge on any atom is 0.243 e. The summed E-state index contributed by atoms with van der Waals surface area (Å²) >= 11 is 0. The number of hydrogen-bond donors (Lipinski definition) is 11. The monoisotopic (exact) mass is 746 g/mol. The van der Waals surface area contributed by atoms with Gasteiger partial charge in [-0.2, -0.15) is 0 Å². The molecule has 0 aliphatic rings. The number of aliphatic imine (C=N–C) groups is 1. The number of guanidine groups is 1. The maximum atomic E-state index is 13.8. The van der Waals surface area contributed by atoms with Crippen LogP contribution in [0.2, 0.25) is 0 Å². The van der Waals surface area contributed by atoms with Crippen molar-refractivity contribution in [3.63, 3.8) is 0 Å². The second-order valence-electron chi connectivity index (χ2n) is 13.1. The Morgan fingerprint density at radius 2 is 1.23 bits per heavy atom. The molecule has 0 saturated heterocycles. The van der Waals surface area contributed by atoms with Gasteiger partial charge >= 0.3 is 0 Å². The minimum atomic E-state index is -1.37. The molecule has 0 radical (unpaired) electrons. The number of benzene rings is 1. The molecule has 53 heavy (non-hydrogen) atoms. The number of carbonyl (C=O) groups excluding carboxylic acids is 7. The Morgan fingerprint density at radius 1 is 0.660 bits per heavy atom. The van der Waals surface area contributed by atoms with E-state index < -0.39 is 78.1 Å². The SMILES string of the molecule is CC(C)CC(NC(=O)C(CCC(N)=O)NC(=O)C(CCCN=C(N)N)NC(=O)C(N)CCCCN)C(=O)NC(Cc1ccccc1)C(=O)NCC(N)=O. The van der Waals surface area contributed by atoms with E-state index >= 15 is 0 Å². The predicted molar refractivity (Wildman–Crippen MR) is 199 cm³/mol. The number of nitrogens with one attached hydrogen (secondary N) is 5. The molecular formula is C34H58N12O7. The molecular weight excluding hydrogens is 688 g/mol. The molecule has 19 heteroatoms. The summed E-state index contributed by atoms with van der Waals surface area (Å²) in [5.41, 5.74) is 33.6. The summed E-state index contributed by atoms with van der Waals surface area (Å²) in [6.45, 7) is 3.75. The summed E-state index contributed by atoms with van der Waals surface area (Å²) < 4.78 is 0. The highest BCUT2D eigenvalue weighted by Crippen LogP contribution is 2.10. The van der Waals surface area contributed by atoms with Crippen molar-refractivity contribution < 1.29 is 33.6 Å². The third-order valence-electron chi connectivity index (χ3n) is 7.89. The molecule has 19 nitrogen and oxygen atoms in total. The summed E-state index contributed by atoms with van der Waals surface area (Å²) in [4.78, 5) is 94.0. The fourth-order valence-electron chi connectivity index (χ4n) is 5.12. The van der Waals surface area contributed by atoms with Crippen molar-refractivity contribution >= 4 is 47.3 Å². The first-order chi connectivity index (χ1) is 25.0. The summed E-state index contributed by atoms with van der Waals surface area (Å²) in [7, 11) is 0. The third-order valence-corrected chi connectivity index (χ3v) is 7.89. The molecule has 0 saturated carbocycles. The maximum absolute atomic E-state index is 13.8. The van der Waals surface area contributed by atoms with E-state index in [9.17, 15) is 33.6 Å². The number of amides is 7. The Labute approximate surface area is 309 Å². The number of nitrogens with zero attached hydrogens (tertiary/aromatic N) is 1. The van der Waals surface area contributed by atoms with Gasteiger partial charge in [0.1, 0.15) is 24.2 Å². The van der Waals surface area contributed by atoms with Gasteiger partial charge < -0.3 is 61.0 Å². The van der Waals surface area contributed by atoms with Crippen molar-refractivity contribution in [2.45, 2.75) is 102 Å². The van der Waals surface area contributed by atoms with Gasteiger partial charge in [-0.25, -0.2) is 0 Å². The first-order valence-corrected chi connectivity index (χ1v) is 17.6. The Balaban J connectivity index is 3.29. The minimum absolute atomic E-state index is 0.0593. The number of primary amides is 2. The van der Waals surface area contributed by atoms with Gasteiger partial charge in [-0.1, -0.05) is 50.6 Å². The van der Waals surface area contributed by atoms with E-state index in [4.69, 9.17) is 34.4 Å². The third kappa shape index (κ3) is 19.8. The van der Waals surface area contributed by atoms with Gasteiger partial charge in [-0.3, -0.25) is 38.6 Å². The van der Waals surface area contributed by atoms with Gasteiger partial charge in [0.25, 0.3) is 0 Å². The molecule has 7 amide bonds. The van der Waals surface area contributed by atoms with E-state index in [1.54, 1.807) is 30.3 Å². The van der Waals surface area contributed by atoms with Crippen LogP contribution in [0, 0.1) is 5.92 Å². The number of hydrogen-bond acceptors (Lipinski definition) is 10. The molecule has 296 valence electrons. The number of carbonyl (C=O) groups is 7. The van der Waals surface area contributed by atoms with Crippen LogP contribution < -0.4 is 61.0 Å². The van der Waals surface area contributed by atoms with E-state index in [1.165, 1.54) is 0 Å². The van der Waals surface area contributed by atoms with Gasteiger partial charge in [0, 0.05) is 19.4 Å². The van der Waals surface area contributed by atoms with Crippen LogP contribution in [0.5, 0.6) is 0 Å². The molecule has 5 unspecified atom stereocenters. The lowest BCUT2D eigenvalue weighted by Gasteiger charge is -2.27. The standard InChI is InChI=1S/C34H58N12O7/c1-20(2)17-25(33(53)46-26(30(50)42-19-28(38)48)18-21-9-4-3-5-10-21)45-32(52)24(13-14-27(37)47)44-31(51)23(12-8-16-41-34(39)40)43-29(49)22(36)11-6-7-15-35/h3-5,9-10,20,22-26H,6-8,11-19,35-36H2,1-2H3,(H2,37,47)(H2,38,48)(H,42,50)(H,43,49)(H,44,51)(H,45,52)(H,46,53)(H4,39,40,41). The van der Waals surface area contributed by atoms with E-state index in [0.29, 0.717) is 31.4 Å². The van der Waals surface area contributed by atoms with E-state index in [0.717, 1.165) is 0 Å². The van der Waals surface area contributed by atoms with Crippen molar-refractivity contribution in [3.8, 4) is 0 Å². The van der Waals surface area contributed by atoms with E-state index in [1.807, 2.05) is 13.8 Å². The van der Waals surface area contributed by atoms with Crippen LogP contribution in [0.15, 0.2) is 35.3 Å². The zero-order valence-corrected chi connectivity index (χ0v) is 30.6. The second-order valence-corrected chi connectivity index (χ2v) is 13.1. The van der Waals surface area contributed by atoms with Gasteiger partial charge in [0.15, 0.2) is 5.96 Å². The van der Waals surface area contributed by atoms with Gasteiger partial charge in [-0.15, -0.1) is 0 Å². The lowest BCUT2D eigenvalue weighted by molar-refractivity contribution is -0.135. The Hall–Kier alpha value is -5.30. The van der Waals surface area contributed by atoms with Crippen molar-refractivity contribution in [2.75, 3.05) is 19.6 Å². The quantitative estimate of drug-likeness (QED) is 0.0252. The summed E-state index contributed by atoms with van der Waals surface area (Å²) in [5.74, 6) is -5.37. The number of unbranched alkanes of at least 4 members (excludes halogenated alkanes) is 1. The number of nitrogens with two attached hydrogens (primary N) is 6. The van der Waals surface area contributed by atoms with Crippen molar-refractivity contribution in [1.29, 1.82) is 0 Å². The highest BCUT2D eigenvalue weighted by atomic mass is 16.2. The van der Waals surface area contributed by atoms with Crippen LogP contribution >= 0.6 is 0 Å². The molecule has 17 N–H and O–H groups in total. The first kappa shape index (κ1) is 45.7. The predicted octanol–water partition coefficient (Wildman–Crippen LogP) is -3.41. The lowest BCUT2D eigenvalue weighted by atomic mass is 10.00. The summed E-state index contributed by atoms with van der Waals surface area (Å²) in [6, 6.07) is 3.01. The summed E-state index contributed by atoms with van der Waals surface area (Å²) in [6.07, 6.45) is 1.56. The van der Waals surface area contributed by atoms with Gasteiger partial charge in [0.05, 0.1) is 12.6 Å². The van der Waals surface area contributed by atoms with Gasteiger partial charge in [0.2, 0.25) is 41.4 Å². The Bertz CT molecular complexity index is 1390. The highest BCUT2D eigenvalue weighted by Gasteiger charge is 2.32. The minimum Gasteiger partial charge on any atom is -0.370 e. The molecule has 0 aliphatic carbocycles. The fourth-order valence-corrected chi connectivity index (χ4v) is 5.12. The Kier molecular flexibility index (Phi) is 21.4. The Morgan fingerprint density at radius 3 is 1.79 bits per heavy atom. The van der Waals surface area contributed by atoms with Crippen LogP contribution in [0.4, 0.5) is 0 Å². The van der Waals surface area contributed by atoms with Crippen LogP contribution in [0.3, 0.4) is 0 Å². The van der Waals surface area contributed by atoms with Crippen LogP contribution in [-0.4, -0.2) is 97.2 Å². The van der Waals surface area contributed by atoms with Crippen molar-refractivity contribution in [2.24, 2.45) is 45.3 Å². The molecule has 0 heterocycles. The molecule has 1 rings (SSSR count). The smallest absolute Gasteiger partial charge is 0.243 e. The molecule has 1 aromatic carbocycles. The molecule has 0 bridgehead atoms. The lowest BCUT2D eigenvalue weighted by Crippen LogP contribution is -2.59. The molecule has 0 aliphatic heterocycles. The van der Waals surface area contributed by atoms with Crippen LogP contribution in [0.25, 0.3) is 0 Å². The summed E-state index contributed by atoms with van der Waals surface area (Å²) in [5, 5.41) is 12.9. The van der Waals surface area contributed by atoms with E-state index in [-0.39, 0.29) is 56.9 Å². The van der Waals surface area contributed by atoms with Crippen LogP contribution in [-0.2, 0) is 40.0 Å². The second kappa shape index (κ2) is 24.8. The molecule has 0 spiro atoms. The van der Waals surface area contributed by atoms with Crippen molar-refractivity contribution in [3.05, 3.63) is 35.9 Å². The average Bonchev–Trinajstić information content (AvgIpc) is 3.09. The number of rotatable bonds is 26. The largest absolute Gasteiger partial charge is 0.370 e. The topological polar surface area (TPSA) is 348 Å². The molecule has 5 atom stereocenters. The highest BCUT2D eigenvalue weighted by molar-refractivity contribution is 5.96. The molecule has 1 aromatic rings. The normalized spacial score (nSPS) is 13.7.